The fourth-order valence-electron chi connectivity index (χ4n) is 2.41. The lowest BCUT2D eigenvalue weighted by molar-refractivity contribution is 0.0919. The Morgan fingerprint density at radius 3 is 2.76 bits per heavy atom. The van der Waals surface area contributed by atoms with Crippen molar-refractivity contribution in [2.24, 2.45) is 5.41 Å². The molecule has 2 nitrogen and oxygen atoms in total. The zero-order valence-corrected chi connectivity index (χ0v) is 12.5. The maximum absolute atomic E-state index is 11.9. The molecule has 0 unspecified atom stereocenters. The molecule has 17 heavy (non-hydrogen) atoms. The fraction of sp³-hybridized carbons (Fsp3) is 0.615. The van der Waals surface area contributed by atoms with Gasteiger partial charge in [0.15, 0.2) is 0 Å². The second-order valence-corrected chi connectivity index (χ2v) is 7.48. The SMILES string of the molecule is CC1(CNC(=O)c2csc(Br)c2)CCCCC1. The monoisotopic (exact) mass is 315 g/mol. The van der Waals surface area contributed by atoms with Gasteiger partial charge in [0.05, 0.1) is 9.35 Å². The van der Waals surface area contributed by atoms with Crippen LogP contribution in [0.5, 0.6) is 0 Å². The maximum atomic E-state index is 11.9. The van der Waals surface area contributed by atoms with Crippen molar-refractivity contribution >= 4 is 33.2 Å². The summed E-state index contributed by atoms with van der Waals surface area (Å²) in [4.78, 5) is 11.9. The number of carbonyl (C=O) groups is 1. The van der Waals surface area contributed by atoms with Crippen LogP contribution in [0.25, 0.3) is 0 Å². The van der Waals surface area contributed by atoms with Crippen molar-refractivity contribution in [2.75, 3.05) is 6.54 Å². The number of nitrogens with one attached hydrogen (secondary N) is 1. The molecule has 1 aliphatic carbocycles. The molecule has 0 spiro atoms. The van der Waals surface area contributed by atoms with E-state index in [2.05, 4.69) is 28.2 Å². The minimum atomic E-state index is 0.0544. The van der Waals surface area contributed by atoms with Gasteiger partial charge in [0.1, 0.15) is 0 Å². The fourth-order valence-corrected chi connectivity index (χ4v) is 3.54. The average molecular weight is 316 g/mol. The lowest BCUT2D eigenvalue weighted by atomic mass is 9.76. The molecule has 1 saturated carbocycles. The summed E-state index contributed by atoms with van der Waals surface area (Å²) in [6.45, 7) is 3.09. The van der Waals surface area contributed by atoms with Crippen LogP contribution in [-0.2, 0) is 0 Å². The Labute approximate surface area is 115 Å². The predicted molar refractivity (Wildman–Crippen MR) is 75.5 cm³/mol. The highest BCUT2D eigenvalue weighted by Crippen LogP contribution is 2.35. The molecular weight excluding hydrogens is 298 g/mol. The molecular formula is C13H18BrNOS. The first-order valence-electron chi connectivity index (χ1n) is 6.11. The molecule has 1 aromatic rings. The predicted octanol–water partition coefficient (Wildman–Crippen LogP) is 4.21. The van der Waals surface area contributed by atoms with Gasteiger partial charge in [0.2, 0.25) is 0 Å². The van der Waals surface area contributed by atoms with E-state index >= 15 is 0 Å². The van der Waals surface area contributed by atoms with Crippen LogP contribution >= 0.6 is 27.3 Å². The Kier molecular flexibility index (Phi) is 4.26. The highest BCUT2D eigenvalue weighted by atomic mass is 79.9. The van der Waals surface area contributed by atoms with E-state index in [4.69, 9.17) is 0 Å². The first-order valence-corrected chi connectivity index (χ1v) is 7.79. The molecule has 1 fully saturated rings. The molecule has 0 atom stereocenters. The van der Waals surface area contributed by atoms with Crippen molar-refractivity contribution in [3.8, 4) is 0 Å². The Morgan fingerprint density at radius 2 is 2.18 bits per heavy atom. The quantitative estimate of drug-likeness (QED) is 0.889. The van der Waals surface area contributed by atoms with E-state index in [9.17, 15) is 4.79 Å². The third kappa shape index (κ3) is 3.55. The molecule has 1 aromatic heterocycles. The smallest absolute Gasteiger partial charge is 0.252 e. The molecule has 0 aromatic carbocycles. The van der Waals surface area contributed by atoms with Gasteiger partial charge in [-0.2, -0.15) is 0 Å². The molecule has 0 aliphatic heterocycles. The second-order valence-electron chi connectivity index (χ2n) is 5.19. The van der Waals surface area contributed by atoms with Crippen molar-refractivity contribution in [1.29, 1.82) is 0 Å². The van der Waals surface area contributed by atoms with Crippen molar-refractivity contribution < 1.29 is 4.79 Å². The van der Waals surface area contributed by atoms with Crippen LogP contribution < -0.4 is 5.32 Å². The number of halogens is 1. The van der Waals surface area contributed by atoms with E-state index in [1.54, 1.807) is 11.3 Å². The van der Waals surface area contributed by atoms with Crippen molar-refractivity contribution in [3.63, 3.8) is 0 Å². The molecule has 2 rings (SSSR count). The number of hydrogen-bond acceptors (Lipinski definition) is 2. The van der Waals surface area contributed by atoms with Crippen LogP contribution in [0, 0.1) is 5.41 Å². The van der Waals surface area contributed by atoms with Gasteiger partial charge in [-0.25, -0.2) is 0 Å². The molecule has 1 aliphatic rings. The summed E-state index contributed by atoms with van der Waals surface area (Å²) >= 11 is 4.93. The zero-order valence-electron chi connectivity index (χ0n) is 10.1. The first-order chi connectivity index (χ1) is 8.09. The van der Waals surface area contributed by atoms with Crippen LogP contribution in [0.2, 0.25) is 0 Å². The van der Waals surface area contributed by atoms with E-state index in [1.807, 2.05) is 11.4 Å². The summed E-state index contributed by atoms with van der Waals surface area (Å²) in [5.74, 6) is 0.0544. The van der Waals surface area contributed by atoms with Crippen LogP contribution in [0.3, 0.4) is 0 Å². The van der Waals surface area contributed by atoms with E-state index in [0.29, 0.717) is 5.41 Å². The number of hydrogen-bond donors (Lipinski definition) is 1. The highest BCUT2D eigenvalue weighted by molar-refractivity contribution is 9.11. The summed E-state index contributed by atoms with van der Waals surface area (Å²) < 4.78 is 1.01. The Hall–Kier alpha value is -0.350. The Morgan fingerprint density at radius 1 is 1.47 bits per heavy atom. The minimum absolute atomic E-state index is 0.0544. The minimum Gasteiger partial charge on any atom is -0.351 e. The van der Waals surface area contributed by atoms with Crippen molar-refractivity contribution in [2.45, 2.75) is 39.0 Å². The van der Waals surface area contributed by atoms with Crippen molar-refractivity contribution in [3.05, 3.63) is 20.8 Å². The topological polar surface area (TPSA) is 29.1 Å². The van der Waals surface area contributed by atoms with Gasteiger partial charge in [-0.05, 0) is 40.3 Å². The van der Waals surface area contributed by atoms with Crippen LogP contribution in [0.4, 0.5) is 0 Å². The Balaban J connectivity index is 1.87. The maximum Gasteiger partial charge on any atom is 0.252 e. The normalized spacial score (nSPS) is 18.9. The van der Waals surface area contributed by atoms with Gasteiger partial charge in [-0.3, -0.25) is 4.79 Å². The van der Waals surface area contributed by atoms with Crippen molar-refractivity contribution in [1.82, 2.24) is 5.32 Å². The van der Waals surface area contributed by atoms with Gasteiger partial charge in [-0.15, -0.1) is 11.3 Å². The molecule has 0 saturated heterocycles. The van der Waals surface area contributed by atoms with E-state index in [1.165, 1.54) is 32.1 Å². The van der Waals surface area contributed by atoms with Crippen LogP contribution in [0.1, 0.15) is 49.4 Å². The molecule has 1 heterocycles. The summed E-state index contributed by atoms with van der Waals surface area (Å²) in [6, 6.07) is 1.88. The summed E-state index contributed by atoms with van der Waals surface area (Å²) in [6.07, 6.45) is 6.43. The summed E-state index contributed by atoms with van der Waals surface area (Å²) in [7, 11) is 0. The Bertz CT molecular complexity index is 396. The summed E-state index contributed by atoms with van der Waals surface area (Å²) in [5.41, 5.74) is 1.07. The number of carbonyl (C=O) groups excluding carboxylic acids is 1. The third-order valence-corrected chi connectivity index (χ3v) is 5.07. The molecule has 1 N–H and O–H groups in total. The number of thiophene rings is 1. The standard InChI is InChI=1S/C13H18BrNOS/c1-13(5-3-2-4-6-13)9-15-12(16)10-7-11(14)17-8-10/h7-8H,2-6,9H2,1H3,(H,15,16). The van der Waals surface area contributed by atoms with Gasteiger partial charge in [0.25, 0.3) is 5.91 Å². The highest BCUT2D eigenvalue weighted by Gasteiger charge is 2.27. The van der Waals surface area contributed by atoms with E-state index in [0.717, 1.165) is 15.9 Å². The zero-order chi connectivity index (χ0) is 12.3. The average Bonchev–Trinajstić information content (AvgIpc) is 2.74. The van der Waals surface area contributed by atoms with Gasteiger partial charge < -0.3 is 5.32 Å². The molecule has 1 amide bonds. The van der Waals surface area contributed by atoms with E-state index in [-0.39, 0.29) is 5.91 Å². The number of rotatable bonds is 3. The molecule has 0 bridgehead atoms. The summed E-state index contributed by atoms with van der Waals surface area (Å²) in [5, 5.41) is 4.96. The van der Waals surface area contributed by atoms with Gasteiger partial charge in [-0.1, -0.05) is 26.2 Å². The lowest BCUT2D eigenvalue weighted by Crippen LogP contribution is -2.36. The second kappa shape index (κ2) is 5.53. The molecule has 94 valence electrons. The third-order valence-electron chi connectivity index (χ3n) is 3.57. The van der Waals surface area contributed by atoms with Crippen LogP contribution in [0.15, 0.2) is 15.2 Å². The van der Waals surface area contributed by atoms with E-state index < -0.39 is 0 Å². The van der Waals surface area contributed by atoms with Gasteiger partial charge >= 0.3 is 0 Å². The van der Waals surface area contributed by atoms with Crippen LogP contribution in [-0.4, -0.2) is 12.5 Å². The largest absolute Gasteiger partial charge is 0.351 e. The number of amides is 1. The lowest BCUT2D eigenvalue weighted by Gasteiger charge is -2.33. The van der Waals surface area contributed by atoms with Gasteiger partial charge in [0, 0.05) is 11.9 Å². The first kappa shape index (κ1) is 13.1. The molecule has 0 radical (unpaired) electrons. The molecule has 4 heteroatoms.